The van der Waals surface area contributed by atoms with Gasteiger partial charge in [0.15, 0.2) is 6.10 Å². The first-order chi connectivity index (χ1) is 11.2. The highest BCUT2D eigenvalue weighted by Gasteiger charge is 2.17. The van der Waals surface area contributed by atoms with Crippen molar-refractivity contribution in [2.24, 2.45) is 0 Å². The second kappa shape index (κ2) is 6.74. The monoisotopic (exact) mass is 309 g/mol. The molecule has 0 saturated heterocycles. The number of pyridine rings is 1. The highest BCUT2D eigenvalue weighted by molar-refractivity contribution is 5.93. The van der Waals surface area contributed by atoms with Crippen LogP contribution in [0.3, 0.4) is 0 Å². The van der Waals surface area contributed by atoms with E-state index in [1.165, 1.54) is 0 Å². The maximum absolute atomic E-state index is 12.1. The molecule has 3 aromatic rings. The molecule has 0 aliphatic rings. The summed E-state index contributed by atoms with van der Waals surface area (Å²) in [5, 5.41) is 6.52. The first-order valence-corrected chi connectivity index (χ1v) is 7.13. The molecule has 1 N–H and O–H groups in total. The topological polar surface area (TPSA) is 77.2 Å². The number of carbonyl (C=O) groups excluding carboxylic acids is 1. The Hall–Kier alpha value is -3.15. The maximum Gasteiger partial charge on any atom is 0.267 e. The van der Waals surface area contributed by atoms with Crippen molar-refractivity contribution >= 4 is 11.8 Å². The van der Waals surface area contributed by atoms with Crippen molar-refractivity contribution in [3.8, 4) is 17.1 Å². The summed E-state index contributed by atoms with van der Waals surface area (Å²) in [5.74, 6) is 0.554. The summed E-state index contributed by atoms with van der Waals surface area (Å²) in [6.07, 6.45) is 0.999. The van der Waals surface area contributed by atoms with Crippen LogP contribution >= 0.6 is 0 Å². The maximum atomic E-state index is 12.1. The fourth-order valence-electron chi connectivity index (χ4n) is 1.95. The molecule has 1 atom stereocenters. The van der Waals surface area contributed by atoms with Gasteiger partial charge in [0.1, 0.15) is 11.4 Å². The molecule has 0 fully saturated rings. The van der Waals surface area contributed by atoms with Crippen LogP contribution in [0.5, 0.6) is 5.75 Å². The summed E-state index contributed by atoms with van der Waals surface area (Å²) in [4.78, 5) is 16.3. The van der Waals surface area contributed by atoms with Gasteiger partial charge >= 0.3 is 0 Å². The van der Waals surface area contributed by atoms with Gasteiger partial charge in [-0.2, -0.15) is 0 Å². The van der Waals surface area contributed by atoms with Crippen LogP contribution in [0.2, 0.25) is 0 Å². The molecule has 0 spiro atoms. The highest BCUT2D eigenvalue weighted by Crippen LogP contribution is 2.20. The lowest BCUT2D eigenvalue weighted by Gasteiger charge is -2.13. The van der Waals surface area contributed by atoms with Gasteiger partial charge in [-0.3, -0.25) is 15.1 Å². The van der Waals surface area contributed by atoms with Gasteiger partial charge in [-0.05, 0) is 31.2 Å². The van der Waals surface area contributed by atoms with Crippen molar-refractivity contribution in [2.45, 2.75) is 13.0 Å². The lowest BCUT2D eigenvalue weighted by Crippen LogP contribution is -2.29. The van der Waals surface area contributed by atoms with Crippen LogP contribution in [0, 0.1) is 0 Å². The van der Waals surface area contributed by atoms with E-state index < -0.39 is 6.10 Å². The molecule has 0 saturated carbocycles. The quantitative estimate of drug-likeness (QED) is 0.783. The zero-order valence-electron chi connectivity index (χ0n) is 12.5. The second-order valence-electron chi connectivity index (χ2n) is 4.85. The molecule has 6 heteroatoms. The van der Waals surface area contributed by atoms with E-state index in [0.717, 1.165) is 0 Å². The van der Waals surface area contributed by atoms with Gasteiger partial charge in [-0.1, -0.05) is 29.4 Å². The van der Waals surface area contributed by atoms with Crippen LogP contribution in [-0.4, -0.2) is 22.2 Å². The van der Waals surface area contributed by atoms with Crippen molar-refractivity contribution in [3.63, 3.8) is 0 Å². The summed E-state index contributed by atoms with van der Waals surface area (Å²) < 4.78 is 10.7. The van der Waals surface area contributed by atoms with Gasteiger partial charge in [0.05, 0.1) is 5.69 Å². The van der Waals surface area contributed by atoms with Gasteiger partial charge in [-0.25, -0.2) is 0 Å². The number of aromatic nitrogens is 2. The lowest BCUT2D eigenvalue weighted by molar-refractivity contribution is -0.122. The van der Waals surface area contributed by atoms with Gasteiger partial charge in [0.25, 0.3) is 5.91 Å². The first kappa shape index (κ1) is 14.8. The van der Waals surface area contributed by atoms with E-state index in [9.17, 15) is 4.79 Å². The highest BCUT2D eigenvalue weighted by atomic mass is 16.5. The fraction of sp³-hybridized carbons (Fsp3) is 0.118. The number of hydrogen-bond donors (Lipinski definition) is 1. The molecule has 6 nitrogen and oxygen atoms in total. The number of ether oxygens (including phenoxy) is 1. The zero-order valence-corrected chi connectivity index (χ0v) is 12.5. The third-order valence-electron chi connectivity index (χ3n) is 3.11. The Labute approximate surface area is 133 Å². The molecule has 2 heterocycles. The van der Waals surface area contributed by atoms with Crippen LogP contribution in [0.25, 0.3) is 11.4 Å². The Morgan fingerprint density at radius 3 is 2.65 bits per heavy atom. The van der Waals surface area contributed by atoms with E-state index in [4.69, 9.17) is 9.26 Å². The van der Waals surface area contributed by atoms with Crippen LogP contribution in [0.15, 0.2) is 65.3 Å². The third kappa shape index (κ3) is 3.74. The smallest absolute Gasteiger partial charge is 0.267 e. The number of anilines is 1. The number of carbonyl (C=O) groups is 1. The molecule has 0 aliphatic carbocycles. The van der Waals surface area contributed by atoms with Gasteiger partial charge in [0.2, 0.25) is 5.88 Å². The molecule has 0 unspecified atom stereocenters. The summed E-state index contributed by atoms with van der Waals surface area (Å²) in [7, 11) is 0. The Kier molecular flexibility index (Phi) is 4.33. The van der Waals surface area contributed by atoms with E-state index in [1.54, 1.807) is 31.3 Å². The normalized spacial score (nSPS) is 11.7. The standard InChI is InChI=1S/C17H15N3O3/c1-12(22-13-7-3-2-4-8-13)17(21)19-16-11-15(20-23-16)14-9-5-6-10-18-14/h2-12H,1H3,(H,19,21)/t12-/m1/s1. The number of hydrogen-bond acceptors (Lipinski definition) is 5. The number of nitrogens with zero attached hydrogens (tertiary/aromatic N) is 2. The van der Waals surface area contributed by atoms with E-state index in [2.05, 4.69) is 15.5 Å². The van der Waals surface area contributed by atoms with E-state index in [-0.39, 0.29) is 11.8 Å². The van der Waals surface area contributed by atoms with Gasteiger partial charge < -0.3 is 9.26 Å². The third-order valence-corrected chi connectivity index (χ3v) is 3.11. The predicted octanol–water partition coefficient (Wildman–Crippen LogP) is 3.14. The molecule has 0 aliphatic heterocycles. The summed E-state index contributed by atoms with van der Waals surface area (Å²) in [6, 6.07) is 16.2. The Morgan fingerprint density at radius 2 is 1.91 bits per heavy atom. The molecule has 3 rings (SSSR count). The minimum absolute atomic E-state index is 0.249. The van der Waals surface area contributed by atoms with E-state index in [1.807, 2.05) is 36.4 Å². The number of amides is 1. The molecular weight excluding hydrogens is 294 g/mol. The van der Waals surface area contributed by atoms with Crippen LogP contribution < -0.4 is 10.1 Å². The molecule has 116 valence electrons. The minimum Gasteiger partial charge on any atom is -0.481 e. The Balaban J connectivity index is 1.63. The summed E-state index contributed by atoms with van der Waals surface area (Å²) in [5.41, 5.74) is 1.22. The van der Waals surface area contributed by atoms with Crippen LogP contribution in [-0.2, 0) is 4.79 Å². The fourth-order valence-corrected chi connectivity index (χ4v) is 1.95. The molecule has 0 radical (unpaired) electrons. The van der Waals surface area contributed by atoms with Gasteiger partial charge in [0, 0.05) is 12.3 Å². The second-order valence-corrected chi connectivity index (χ2v) is 4.85. The SMILES string of the molecule is C[C@@H](Oc1ccccc1)C(=O)Nc1cc(-c2ccccn2)no1. The number of nitrogens with one attached hydrogen (secondary N) is 1. The van der Waals surface area contributed by atoms with Gasteiger partial charge in [-0.15, -0.1) is 0 Å². The predicted molar refractivity (Wildman–Crippen MR) is 84.9 cm³/mol. The average Bonchev–Trinajstić information content (AvgIpc) is 3.05. The Bertz CT molecular complexity index is 772. The lowest BCUT2D eigenvalue weighted by atomic mass is 10.3. The molecule has 23 heavy (non-hydrogen) atoms. The zero-order chi connectivity index (χ0) is 16.1. The van der Waals surface area contributed by atoms with Crippen molar-refractivity contribution < 1.29 is 14.1 Å². The largest absolute Gasteiger partial charge is 0.481 e. The van der Waals surface area contributed by atoms with Crippen molar-refractivity contribution in [2.75, 3.05) is 5.32 Å². The Morgan fingerprint density at radius 1 is 1.13 bits per heavy atom. The number of benzene rings is 1. The summed E-state index contributed by atoms with van der Waals surface area (Å²) in [6.45, 7) is 1.67. The number of para-hydroxylation sites is 1. The molecule has 1 amide bonds. The molecular formula is C17H15N3O3. The number of rotatable bonds is 5. The van der Waals surface area contributed by atoms with E-state index in [0.29, 0.717) is 17.1 Å². The van der Waals surface area contributed by atoms with Crippen molar-refractivity contribution in [3.05, 3.63) is 60.8 Å². The summed E-state index contributed by atoms with van der Waals surface area (Å²) >= 11 is 0. The van der Waals surface area contributed by atoms with Crippen LogP contribution in [0.4, 0.5) is 5.88 Å². The average molecular weight is 309 g/mol. The van der Waals surface area contributed by atoms with Crippen molar-refractivity contribution in [1.82, 2.24) is 10.1 Å². The molecule has 1 aromatic carbocycles. The minimum atomic E-state index is -0.666. The van der Waals surface area contributed by atoms with Crippen molar-refractivity contribution in [1.29, 1.82) is 0 Å². The molecule has 2 aromatic heterocycles. The van der Waals surface area contributed by atoms with E-state index >= 15 is 0 Å². The first-order valence-electron chi connectivity index (χ1n) is 7.13. The van der Waals surface area contributed by atoms with Crippen LogP contribution in [0.1, 0.15) is 6.92 Å². The molecule has 0 bridgehead atoms.